The Morgan fingerprint density at radius 1 is 1.35 bits per heavy atom. The zero-order valence-corrected chi connectivity index (χ0v) is 13.7. The molecule has 23 heavy (non-hydrogen) atoms. The van der Waals surface area contributed by atoms with Crippen molar-refractivity contribution in [1.82, 2.24) is 14.9 Å². The van der Waals surface area contributed by atoms with E-state index in [1.165, 1.54) is 4.90 Å². The fourth-order valence-corrected chi connectivity index (χ4v) is 3.43. The summed E-state index contributed by atoms with van der Waals surface area (Å²) in [7, 11) is 1.68. The normalized spacial score (nSPS) is 16.6. The largest absolute Gasteiger partial charge is 0.388 e. The number of aliphatic hydroxyl groups is 1. The molecule has 1 aliphatic rings. The van der Waals surface area contributed by atoms with E-state index in [1.54, 1.807) is 25.2 Å². The lowest BCUT2D eigenvalue weighted by atomic mass is 10.0. The minimum atomic E-state index is -0.779. The highest BCUT2D eigenvalue weighted by molar-refractivity contribution is 7.71. The lowest BCUT2D eigenvalue weighted by Gasteiger charge is -2.28. The van der Waals surface area contributed by atoms with E-state index in [4.69, 9.17) is 12.2 Å². The van der Waals surface area contributed by atoms with Crippen molar-refractivity contribution in [3.63, 3.8) is 0 Å². The van der Waals surface area contributed by atoms with Crippen LogP contribution in [0.3, 0.4) is 0 Å². The number of nitrogens with one attached hydrogen (secondary N) is 2. The van der Waals surface area contributed by atoms with Crippen LogP contribution in [0, 0.1) is 4.77 Å². The molecule has 3 rings (SSSR count). The van der Waals surface area contributed by atoms with Crippen molar-refractivity contribution in [2.45, 2.75) is 31.3 Å². The van der Waals surface area contributed by atoms with Crippen LogP contribution >= 0.6 is 12.2 Å². The van der Waals surface area contributed by atoms with Crippen molar-refractivity contribution in [3.05, 3.63) is 38.9 Å². The Hall–Kier alpha value is -1.99. The number of aromatic nitrogens is 2. The standard InChI is InChI=1S/C16H19N3O3S/c1-19(9-16(22)6-2-3-7-16)14(21)10-4-5-11-12(8-10)17-15(23)18-13(11)20/h4-5,8,22H,2-3,6-7,9H2,1H3,(H2,17,18,20,23). The minimum absolute atomic E-state index is 0.188. The zero-order valence-electron chi connectivity index (χ0n) is 12.9. The van der Waals surface area contributed by atoms with Crippen molar-refractivity contribution in [3.8, 4) is 0 Å². The van der Waals surface area contributed by atoms with E-state index in [9.17, 15) is 14.7 Å². The van der Waals surface area contributed by atoms with Crippen LogP contribution in [-0.2, 0) is 0 Å². The summed E-state index contributed by atoms with van der Waals surface area (Å²) in [5, 5.41) is 10.9. The Kier molecular flexibility index (Phi) is 4.08. The minimum Gasteiger partial charge on any atom is -0.388 e. The maximum Gasteiger partial charge on any atom is 0.259 e. The summed E-state index contributed by atoms with van der Waals surface area (Å²) in [5.41, 5.74) is -0.0787. The molecular formula is C16H19N3O3S. The van der Waals surface area contributed by atoms with Gasteiger partial charge in [-0.3, -0.25) is 14.6 Å². The van der Waals surface area contributed by atoms with Crippen molar-refractivity contribution in [2.24, 2.45) is 0 Å². The maximum atomic E-state index is 12.6. The third-order valence-electron chi connectivity index (χ3n) is 4.40. The molecule has 0 aliphatic heterocycles. The molecule has 0 unspecified atom stereocenters. The van der Waals surface area contributed by atoms with Crippen LogP contribution < -0.4 is 5.56 Å². The topological polar surface area (TPSA) is 89.2 Å². The average molecular weight is 333 g/mol. The monoisotopic (exact) mass is 333 g/mol. The van der Waals surface area contributed by atoms with Gasteiger partial charge in [-0.15, -0.1) is 0 Å². The first-order chi connectivity index (χ1) is 10.9. The fraction of sp³-hybridized carbons (Fsp3) is 0.438. The van der Waals surface area contributed by atoms with E-state index in [0.29, 0.717) is 23.0 Å². The second kappa shape index (κ2) is 5.90. The summed E-state index contributed by atoms with van der Waals surface area (Å²) in [4.78, 5) is 31.3. The van der Waals surface area contributed by atoms with Crippen LogP contribution in [0.15, 0.2) is 23.0 Å². The highest BCUT2D eigenvalue weighted by atomic mass is 32.1. The predicted octanol–water partition coefficient (Wildman–Crippen LogP) is 1.96. The molecule has 6 nitrogen and oxygen atoms in total. The number of carbonyl (C=O) groups excluding carboxylic acids is 1. The van der Waals surface area contributed by atoms with Crippen molar-refractivity contribution in [1.29, 1.82) is 0 Å². The number of hydrogen-bond acceptors (Lipinski definition) is 4. The molecule has 0 saturated heterocycles. The molecule has 122 valence electrons. The second-order valence-corrected chi connectivity index (χ2v) is 6.67. The quantitative estimate of drug-likeness (QED) is 0.749. The molecule has 1 amide bonds. The smallest absolute Gasteiger partial charge is 0.259 e. The van der Waals surface area contributed by atoms with Gasteiger partial charge in [-0.05, 0) is 43.3 Å². The predicted molar refractivity (Wildman–Crippen MR) is 90.1 cm³/mol. The van der Waals surface area contributed by atoms with E-state index >= 15 is 0 Å². The zero-order chi connectivity index (χ0) is 16.6. The highest BCUT2D eigenvalue weighted by Gasteiger charge is 2.33. The van der Waals surface area contributed by atoms with Crippen LogP contribution in [0.2, 0.25) is 0 Å². The summed E-state index contributed by atoms with van der Waals surface area (Å²) in [5.74, 6) is -0.188. The first kappa shape index (κ1) is 15.9. The Labute approximate surface area is 138 Å². The summed E-state index contributed by atoms with van der Waals surface area (Å²) in [6.07, 6.45) is 3.44. The number of likely N-dealkylation sites (N-methyl/N-ethyl adjacent to an activating group) is 1. The lowest BCUT2D eigenvalue weighted by molar-refractivity contribution is 0.0157. The first-order valence-electron chi connectivity index (χ1n) is 7.62. The maximum absolute atomic E-state index is 12.6. The van der Waals surface area contributed by atoms with Crippen molar-refractivity contribution >= 4 is 29.0 Å². The molecule has 1 aliphatic carbocycles. The molecule has 0 bridgehead atoms. The summed E-state index contributed by atoms with van der Waals surface area (Å²) in [6.45, 7) is 0.315. The third-order valence-corrected chi connectivity index (χ3v) is 4.60. The van der Waals surface area contributed by atoms with E-state index in [0.717, 1.165) is 25.7 Å². The van der Waals surface area contributed by atoms with Crippen molar-refractivity contribution < 1.29 is 9.90 Å². The van der Waals surface area contributed by atoms with E-state index < -0.39 is 5.60 Å². The van der Waals surface area contributed by atoms with Crippen LogP contribution in [0.5, 0.6) is 0 Å². The van der Waals surface area contributed by atoms with Gasteiger partial charge in [0.15, 0.2) is 4.77 Å². The van der Waals surface area contributed by atoms with Crippen LogP contribution in [0.25, 0.3) is 10.9 Å². The number of H-pyrrole nitrogens is 2. The SMILES string of the molecule is CN(CC1(O)CCCC1)C(=O)c1ccc2c(=O)[nH]c(=S)[nH]c2c1. The molecule has 7 heteroatoms. The van der Waals surface area contributed by atoms with Crippen LogP contribution in [0.1, 0.15) is 36.0 Å². The van der Waals surface area contributed by atoms with Gasteiger partial charge in [-0.2, -0.15) is 0 Å². The van der Waals surface area contributed by atoms with E-state index in [2.05, 4.69) is 9.97 Å². The molecule has 2 aromatic rings. The van der Waals surface area contributed by atoms with Gasteiger partial charge < -0.3 is 15.0 Å². The lowest BCUT2D eigenvalue weighted by Crippen LogP contribution is -2.42. The highest BCUT2D eigenvalue weighted by Crippen LogP contribution is 2.30. The molecule has 1 aromatic carbocycles. The molecule has 1 heterocycles. The number of nitrogens with zero attached hydrogens (tertiary/aromatic N) is 1. The van der Waals surface area contributed by atoms with Crippen LogP contribution in [0.4, 0.5) is 0 Å². The molecule has 1 fully saturated rings. The van der Waals surface area contributed by atoms with Crippen LogP contribution in [-0.4, -0.2) is 45.1 Å². The number of benzene rings is 1. The fourth-order valence-electron chi connectivity index (χ4n) is 3.23. The third kappa shape index (κ3) is 3.20. The number of aromatic amines is 2. The Morgan fingerprint density at radius 2 is 2.04 bits per heavy atom. The van der Waals surface area contributed by atoms with Gasteiger partial charge in [0.25, 0.3) is 11.5 Å². The average Bonchev–Trinajstić information content (AvgIpc) is 2.91. The second-order valence-electron chi connectivity index (χ2n) is 6.26. The summed E-state index contributed by atoms with van der Waals surface area (Å²) in [6, 6.07) is 4.84. The Bertz CT molecular complexity index is 865. The molecule has 0 radical (unpaired) electrons. The number of amides is 1. The van der Waals surface area contributed by atoms with Gasteiger partial charge in [-0.25, -0.2) is 0 Å². The van der Waals surface area contributed by atoms with Gasteiger partial charge in [0.2, 0.25) is 0 Å². The number of carbonyl (C=O) groups is 1. The number of rotatable bonds is 3. The molecule has 1 saturated carbocycles. The van der Waals surface area contributed by atoms with Gasteiger partial charge in [-0.1, -0.05) is 12.8 Å². The van der Waals surface area contributed by atoms with Gasteiger partial charge in [0.05, 0.1) is 16.5 Å². The number of fused-ring (bicyclic) bond motifs is 1. The Balaban J connectivity index is 1.88. The molecule has 1 aromatic heterocycles. The van der Waals surface area contributed by atoms with Gasteiger partial charge in [0.1, 0.15) is 0 Å². The Morgan fingerprint density at radius 3 is 2.74 bits per heavy atom. The molecule has 0 atom stereocenters. The van der Waals surface area contributed by atoms with Gasteiger partial charge in [0, 0.05) is 19.2 Å². The van der Waals surface area contributed by atoms with E-state index in [-0.39, 0.29) is 16.2 Å². The molecule has 0 spiro atoms. The summed E-state index contributed by atoms with van der Waals surface area (Å²) < 4.78 is 0.223. The van der Waals surface area contributed by atoms with Gasteiger partial charge >= 0.3 is 0 Å². The number of hydrogen-bond donors (Lipinski definition) is 3. The summed E-state index contributed by atoms with van der Waals surface area (Å²) >= 11 is 4.96. The first-order valence-corrected chi connectivity index (χ1v) is 8.03. The molecule has 3 N–H and O–H groups in total. The van der Waals surface area contributed by atoms with Crippen molar-refractivity contribution in [2.75, 3.05) is 13.6 Å². The van der Waals surface area contributed by atoms with E-state index in [1.807, 2.05) is 0 Å². The molecular weight excluding hydrogens is 314 g/mol.